The smallest absolute Gasteiger partial charge is 0.139 e. The Bertz CT molecular complexity index is 190. The van der Waals surface area contributed by atoms with Gasteiger partial charge in [0, 0.05) is 18.9 Å². The van der Waals surface area contributed by atoms with Crippen LogP contribution in [0.5, 0.6) is 0 Å². The van der Waals surface area contributed by atoms with E-state index in [0.717, 1.165) is 12.3 Å². The van der Waals surface area contributed by atoms with Gasteiger partial charge >= 0.3 is 0 Å². The van der Waals surface area contributed by atoms with Gasteiger partial charge in [-0.3, -0.25) is 0 Å². The average Bonchev–Trinajstić information content (AvgIpc) is 2.33. The van der Waals surface area contributed by atoms with Gasteiger partial charge in [0.25, 0.3) is 0 Å². The predicted octanol–water partition coefficient (Wildman–Crippen LogP) is -1.22. The fraction of sp³-hybridized carbons (Fsp3) is 1.00. The molecule has 0 aromatic heterocycles. The van der Waals surface area contributed by atoms with Crippen molar-refractivity contribution in [2.75, 3.05) is 32.8 Å². The molecule has 4 N–H and O–H groups in total. The quantitative estimate of drug-likeness (QED) is 0.555. The molecule has 0 aromatic carbocycles. The molecule has 1 saturated carbocycles. The zero-order valence-electron chi connectivity index (χ0n) is 10.5. The van der Waals surface area contributed by atoms with Crippen molar-refractivity contribution < 1.29 is 15.3 Å². The normalized spacial score (nSPS) is 32.8. The topological polar surface area (TPSA) is 41.3 Å². The van der Waals surface area contributed by atoms with Gasteiger partial charge in [-0.15, -0.1) is 0 Å². The second-order valence-corrected chi connectivity index (χ2v) is 5.64. The summed E-state index contributed by atoms with van der Waals surface area (Å²) in [4.78, 5) is 1.78. The zero-order valence-corrected chi connectivity index (χ0v) is 10.5. The molecule has 0 amide bonds. The van der Waals surface area contributed by atoms with Crippen LogP contribution in [0.2, 0.25) is 0 Å². The van der Waals surface area contributed by atoms with E-state index < -0.39 is 0 Å². The van der Waals surface area contributed by atoms with E-state index in [9.17, 15) is 0 Å². The van der Waals surface area contributed by atoms with Crippen LogP contribution in [0.15, 0.2) is 0 Å². The molecule has 0 spiro atoms. The molecule has 94 valence electrons. The van der Waals surface area contributed by atoms with E-state index in [1.165, 1.54) is 58.3 Å². The van der Waals surface area contributed by atoms with Gasteiger partial charge in [-0.05, 0) is 12.8 Å². The summed E-state index contributed by atoms with van der Waals surface area (Å²) in [6.45, 7) is 5.55. The molecular weight excluding hydrogens is 200 g/mol. The lowest BCUT2D eigenvalue weighted by molar-refractivity contribution is -0.974. The van der Waals surface area contributed by atoms with E-state index in [1.807, 2.05) is 0 Å². The molecule has 1 aliphatic carbocycles. The Kier molecular flexibility index (Phi) is 5.07. The molecule has 0 aromatic rings. The van der Waals surface area contributed by atoms with Crippen molar-refractivity contribution in [1.82, 2.24) is 0 Å². The summed E-state index contributed by atoms with van der Waals surface area (Å²) in [7, 11) is 0. The maximum Gasteiger partial charge on any atom is 0.139 e. The van der Waals surface area contributed by atoms with Crippen LogP contribution in [0, 0.1) is 5.92 Å². The molecule has 1 saturated heterocycles. The van der Waals surface area contributed by atoms with Crippen molar-refractivity contribution in [2.45, 2.75) is 44.6 Å². The maximum absolute atomic E-state index is 9.11. The summed E-state index contributed by atoms with van der Waals surface area (Å²) in [6, 6.07) is 0.709. The van der Waals surface area contributed by atoms with Crippen molar-refractivity contribution >= 4 is 0 Å². The van der Waals surface area contributed by atoms with Crippen molar-refractivity contribution in [2.24, 2.45) is 5.92 Å². The molecule has 2 unspecified atom stereocenters. The Balaban J connectivity index is 1.80. The molecule has 3 nitrogen and oxygen atoms in total. The second kappa shape index (κ2) is 6.58. The van der Waals surface area contributed by atoms with E-state index in [-0.39, 0.29) is 0 Å². The Morgan fingerprint density at radius 3 is 2.75 bits per heavy atom. The lowest BCUT2D eigenvalue weighted by Crippen LogP contribution is -3.24. The largest absolute Gasteiger partial charge is 0.396 e. The van der Waals surface area contributed by atoms with Crippen LogP contribution in [0.25, 0.3) is 0 Å². The maximum atomic E-state index is 9.11. The van der Waals surface area contributed by atoms with Gasteiger partial charge < -0.3 is 15.3 Å². The minimum absolute atomic E-state index is 0.368. The van der Waals surface area contributed by atoms with Gasteiger partial charge in [-0.2, -0.15) is 0 Å². The van der Waals surface area contributed by atoms with Gasteiger partial charge in [0.2, 0.25) is 0 Å². The van der Waals surface area contributed by atoms with Crippen LogP contribution < -0.4 is 10.2 Å². The fourth-order valence-electron chi connectivity index (χ4n) is 3.49. The highest BCUT2D eigenvalue weighted by Crippen LogP contribution is 2.22. The monoisotopic (exact) mass is 228 g/mol. The Morgan fingerprint density at radius 1 is 1.19 bits per heavy atom. The Morgan fingerprint density at radius 2 is 2.00 bits per heavy atom. The number of nitrogens with two attached hydrogens (primary N) is 1. The minimum atomic E-state index is 0.368. The van der Waals surface area contributed by atoms with Crippen LogP contribution in [-0.2, 0) is 0 Å². The third kappa shape index (κ3) is 3.44. The summed E-state index contributed by atoms with van der Waals surface area (Å²) in [5, 5.41) is 11.5. The summed E-state index contributed by atoms with van der Waals surface area (Å²) < 4.78 is 0. The molecule has 3 heteroatoms. The highest BCUT2D eigenvalue weighted by Gasteiger charge is 2.30. The molecule has 2 aliphatic rings. The van der Waals surface area contributed by atoms with Gasteiger partial charge in [-0.25, -0.2) is 0 Å². The number of piperazine rings is 1. The summed E-state index contributed by atoms with van der Waals surface area (Å²) in [6.07, 6.45) is 8.28. The van der Waals surface area contributed by atoms with E-state index in [2.05, 4.69) is 5.32 Å². The number of quaternary nitrogens is 2. The third-order valence-electron chi connectivity index (χ3n) is 4.45. The summed E-state index contributed by atoms with van der Waals surface area (Å²) in [5.41, 5.74) is 0. The molecule has 0 radical (unpaired) electrons. The van der Waals surface area contributed by atoms with Crippen LogP contribution in [-0.4, -0.2) is 43.9 Å². The lowest BCUT2D eigenvalue weighted by Gasteiger charge is -2.34. The number of aliphatic hydroxyl groups is 1. The molecule has 2 atom stereocenters. The van der Waals surface area contributed by atoms with Crippen LogP contribution >= 0.6 is 0 Å². The first-order chi connectivity index (χ1) is 7.90. The van der Waals surface area contributed by atoms with Crippen LogP contribution in [0.4, 0.5) is 0 Å². The van der Waals surface area contributed by atoms with Crippen LogP contribution in [0.3, 0.4) is 0 Å². The third-order valence-corrected chi connectivity index (χ3v) is 4.45. The first kappa shape index (κ1) is 12.3. The van der Waals surface area contributed by atoms with Crippen LogP contribution in [0.1, 0.15) is 38.5 Å². The number of hydrogen-bond acceptors (Lipinski definition) is 1. The first-order valence-electron chi connectivity index (χ1n) is 7.17. The molecule has 0 bridgehead atoms. The number of hydrogen-bond donors (Lipinski definition) is 3. The van der Waals surface area contributed by atoms with Crippen molar-refractivity contribution in [3.05, 3.63) is 0 Å². The van der Waals surface area contributed by atoms with E-state index in [0.29, 0.717) is 12.6 Å². The summed E-state index contributed by atoms with van der Waals surface area (Å²) in [5.74, 6) is 0.975. The molecule has 2 fully saturated rings. The van der Waals surface area contributed by atoms with E-state index in [1.54, 1.807) is 4.90 Å². The average molecular weight is 228 g/mol. The van der Waals surface area contributed by atoms with Gasteiger partial charge in [-0.1, -0.05) is 19.3 Å². The molecular formula is C13H28N2O+2. The van der Waals surface area contributed by atoms with Gasteiger partial charge in [0.05, 0.1) is 6.54 Å². The number of rotatable bonds is 4. The van der Waals surface area contributed by atoms with E-state index in [4.69, 9.17) is 5.11 Å². The molecule has 16 heavy (non-hydrogen) atoms. The fourth-order valence-corrected chi connectivity index (χ4v) is 3.49. The van der Waals surface area contributed by atoms with Gasteiger partial charge in [0.1, 0.15) is 25.7 Å². The number of aliphatic hydroxyl groups excluding tert-OH is 1. The second-order valence-electron chi connectivity index (χ2n) is 5.64. The highest BCUT2D eigenvalue weighted by molar-refractivity contribution is 4.66. The lowest BCUT2D eigenvalue weighted by atomic mass is 9.88. The molecule has 2 rings (SSSR count). The van der Waals surface area contributed by atoms with E-state index >= 15 is 0 Å². The van der Waals surface area contributed by atoms with Gasteiger partial charge in [0.15, 0.2) is 0 Å². The Labute approximate surface area is 99.2 Å². The minimum Gasteiger partial charge on any atom is -0.396 e. The molecule has 1 aliphatic heterocycles. The van der Waals surface area contributed by atoms with Crippen molar-refractivity contribution in [3.63, 3.8) is 0 Å². The molecule has 1 heterocycles. The van der Waals surface area contributed by atoms with Crippen molar-refractivity contribution in [1.29, 1.82) is 0 Å². The van der Waals surface area contributed by atoms with Crippen molar-refractivity contribution in [3.8, 4) is 0 Å². The number of nitrogens with one attached hydrogen (secondary N) is 1. The Hall–Kier alpha value is -0.120. The zero-order chi connectivity index (χ0) is 11.2. The first-order valence-corrected chi connectivity index (χ1v) is 7.17. The predicted molar refractivity (Wildman–Crippen MR) is 64.4 cm³/mol. The summed E-state index contributed by atoms with van der Waals surface area (Å²) >= 11 is 0. The SMILES string of the molecule is OCCC1C[NH2+]CC[NH+]1CC1CCCCC1. The standard InChI is InChI=1S/C13H26N2O/c16-9-6-13-10-14-7-8-15(13)11-12-4-2-1-3-5-12/h12-14,16H,1-11H2/p+2. The highest BCUT2D eigenvalue weighted by atomic mass is 16.3.